The topological polar surface area (TPSA) is 24.9 Å². The van der Waals surface area contributed by atoms with Gasteiger partial charge in [-0.15, -0.1) is 0 Å². The van der Waals surface area contributed by atoms with Crippen molar-refractivity contribution in [2.24, 2.45) is 0 Å². The highest BCUT2D eigenvalue weighted by Gasteiger charge is 2.21. The van der Waals surface area contributed by atoms with E-state index < -0.39 is 29.2 Å². The van der Waals surface area contributed by atoms with Crippen LogP contribution in [0.2, 0.25) is 5.02 Å². The zero-order valence-electron chi connectivity index (χ0n) is 9.57. The molecule has 0 spiro atoms. The number of rotatable bonds is 2. The molecule has 0 saturated heterocycles. The summed E-state index contributed by atoms with van der Waals surface area (Å²) in [4.78, 5) is 2.46. The average molecular weight is 291 g/mol. The Morgan fingerprint density at radius 1 is 1.05 bits per heavy atom. The number of nitrogens with zero attached hydrogens (tertiary/aromatic N) is 1. The Balaban J connectivity index is 2.49. The minimum absolute atomic E-state index is 0.120. The van der Waals surface area contributed by atoms with Crippen molar-refractivity contribution < 1.29 is 17.6 Å². The molecule has 0 saturated carbocycles. The monoisotopic (exact) mass is 290 g/mol. The van der Waals surface area contributed by atoms with Gasteiger partial charge in [0, 0.05) is 0 Å². The van der Waals surface area contributed by atoms with Gasteiger partial charge in [-0.3, -0.25) is 0 Å². The second kappa shape index (κ2) is 5.05. The van der Waals surface area contributed by atoms with Crippen LogP contribution in [0.4, 0.5) is 28.9 Å². The van der Waals surface area contributed by atoms with Crippen molar-refractivity contribution in [1.82, 2.24) is 4.98 Å². The highest BCUT2D eigenvalue weighted by molar-refractivity contribution is 6.33. The first-order valence-electron chi connectivity index (χ1n) is 5.13. The van der Waals surface area contributed by atoms with Crippen molar-refractivity contribution in [1.29, 1.82) is 0 Å². The third kappa shape index (κ3) is 2.63. The molecule has 2 aromatic rings. The second-order valence-electron chi connectivity index (χ2n) is 3.80. The smallest absolute Gasteiger partial charge is 0.253 e. The van der Waals surface area contributed by atoms with Crippen molar-refractivity contribution in [3.05, 3.63) is 52.3 Å². The number of hydrogen-bond donors (Lipinski definition) is 1. The lowest BCUT2D eigenvalue weighted by molar-refractivity contribution is 0.411. The minimum atomic E-state index is -1.73. The summed E-state index contributed by atoms with van der Waals surface area (Å²) in [6.07, 6.45) is 0. The molecule has 0 aliphatic heterocycles. The fourth-order valence-electron chi connectivity index (χ4n) is 1.45. The highest BCUT2D eigenvalue weighted by atomic mass is 35.5. The normalized spacial score (nSPS) is 10.6. The molecule has 2 nitrogen and oxygen atoms in total. The molecule has 0 atom stereocenters. The summed E-state index contributed by atoms with van der Waals surface area (Å²) < 4.78 is 52.6. The number of hydrogen-bond acceptors (Lipinski definition) is 2. The lowest BCUT2D eigenvalue weighted by Crippen LogP contribution is -2.06. The first-order valence-corrected chi connectivity index (χ1v) is 5.51. The summed E-state index contributed by atoms with van der Waals surface area (Å²) >= 11 is 5.85. The van der Waals surface area contributed by atoms with E-state index in [1.807, 2.05) is 0 Å². The van der Waals surface area contributed by atoms with Crippen molar-refractivity contribution in [3.8, 4) is 0 Å². The summed E-state index contributed by atoms with van der Waals surface area (Å²) in [5.74, 6) is -6.69. The zero-order valence-corrected chi connectivity index (χ0v) is 10.3. The summed E-state index contributed by atoms with van der Waals surface area (Å²) in [7, 11) is 0. The number of benzene rings is 1. The van der Waals surface area contributed by atoms with Gasteiger partial charge in [0.15, 0.2) is 0 Å². The Morgan fingerprint density at radius 2 is 1.63 bits per heavy atom. The summed E-state index contributed by atoms with van der Waals surface area (Å²) in [6, 6.07) is 4.60. The third-order valence-corrected chi connectivity index (χ3v) is 2.69. The molecule has 0 fully saturated rings. The minimum Gasteiger partial charge on any atom is -0.349 e. The molecule has 0 amide bonds. The quantitative estimate of drug-likeness (QED) is 0.657. The van der Waals surface area contributed by atoms with Crippen LogP contribution in [0.3, 0.4) is 0 Å². The molecule has 1 aromatic carbocycles. The number of pyridine rings is 1. The molecule has 0 aliphatic rings. The Kier molecular flexibility index (Phi) is 3.61. The average Bonchev–Trinajstić information content (AvgIpc) is 2.34. The van der Waals surface area contributed by atoms with E-state index in [1.165, 1.54) is 12.1 Å². The molecule has 0 unspecified atom stereocenters. The van der Waals surface area contributed by atoms with Crippen LogP contribution in [0, 0.1) is 30.5 Å². The number of aromatic nitrogens is 1. The molecule has 0 bridgehead atoms. The first kappa shape index (κ1) is 13.6. The first-order chi connectivity index (χ1) is 8.90. The van der Waals surface area contributed by atoms with Crippen LogP contribution in [0.15, 0.2) is 18.2 Å². The number of anilines is 2. The van der Waals surface area contributed by atoms with Gasteiger partial charge in [-0.1, -0.05) is 17.7 Å². The van der Waals surface area contributed by atoms with Crippen LogP contribution < -0.4 is 5.32 Å². The van der Waals surface area contributed by atoms with Gasteiger partial charge in [0.1, 0.15) is 5.69 Å². The van der Waals surface area contributed by atoms with E-state index in [4.69, 9.17) is 11.6 Å². The summed E-state index contributed by atoms with van der Waals surface area (Å²) in [5.41, 5.74) is -0.0330. The predicted octanol–water partition coefficient (Wildman–Crippen LogP) is 4.34. The molecule has 1 heterocycles. The number of halogens is 5. The molecule has 7 heteroatoms. The van der Waals surface area contributed by atoms with E-state index in [9.17, 15) is 17.6 Å². The SMILES string of the molecule is Cc1ccc(Nc2c(F)c(F)nc(F)c2F)c(Cl)c1. The molecule has 0 aliphatic carbocycles. The van der Waals surface area contributed by atoms with Crippen molar-refractivity contribution in [2.75, 3.05) is 5.32 Å². The second-order valence-corrected chi connectivity index (χ2v) is 4.21. The third-order valence-electron chi connectivity index (χ3n) is 2.38. The number of nitrogens with one attached hydrogen (secondary N) is 1. The van der Waals surface area contributed by atoms with Gasteiger partial charge < -0.3 is 5.32 Å². The van der Waals surface area contributed by atoms with Crippen LogP contribution in [-0.4, -0.2) is 4.98 Å². The molecule has 1 N–H and O–H groups in total. The molecule has 100 valence electrons. The standard InChI is InChI=1S/C12H7ClF4N2/c1-5-2-3-7(6(13)4-5)18-10-8(14)11(16)19-12(17)9(10)15/h2-4H,1H3,(H,18,19). The molecule has 0 radical (unpaired) electrons. The van der Waals surface area contributed by atoms with Gasteiger partial charge in [-0.25, -0.2) is 0 Å². The van der Waals surface area contributed by atoms with Gasteiger partial charge in [0.05, 0.1) is 10.7 Å². The van der Waals surface area contributed by atoms with E-state index in [-0.39, 0.29) is 10.7 Å². The molecular weight excluding hydrogens is 284 g/mol. The highest BCUT2D eigenvalue weighted by Crippen LogP contribution is 2.30. The lowest BCUT2D eigenvalue weighted by atomic mass is 10.2. The van der Waals surface area contributed by atoms with Crippen LogP contribution in [0.25, 0.3) is 0 Å². The van der Waals surface area contributed by atoms with E-state index in [1.54, 1.807) is 13.0 Å². The maximum absolute atomic E-state index is 13.4. The maximum atomic E-state index is 13.4. The summed E-state index contributed by atoms with van der Waals surface area (Å²) in [6.45, 7) is 1.77. The molecule has 2 rings (SSSR count). The van der Waals surface area contributed by atoms with Gasteiger partial charge in [-0.05, 0) is 24.6 Å². The number of aryl methyl sites for hydroxylation is 1. The molecule has 1 aromatic heterocycles. The van der Waals surface area contributed by atoms with Gasteiger partial charge in [0.25, 0.3) is 11.9 Å². The van der Waals surface area contributed by atoms with E-state index in [0.717, 1.165) is 5.56 Å². The van der Waals surface area contributed by atoms with Crippen LogP contribution in [0.1, 0.15) is 5.56 Å². The Bertz CT molecular complexity index is 620. The van der Waals surface area contributed by atoms with Crippen LogP contribution in [-0.2, 0) is 0 Å². The Labute approximate surface area is 111 Å². The van der Waals surface area contributed by atoms with E-state index in [2.05, 4.69) is 10.3 Å². The van der Waals surface area contributed by atoms with Crippen LogP contribution >= 0.6 is 11.6 Å². The fourth-order valence-corrected chi connectivity index (χ4v) is 1.74. The summed E-state index contributed by atoms with van der Waals surface area (Å²) in [5, 5.41) is 2.38. The van der Waals surface area contributed by atoms with E-state index in [0.29, 0.717) is 0 Å². The Hall–Kier alpha value is -1.82. The maximum Gasteiger partial charge on any atom is 0.253 e. The van der Waals surface area contributed by atoms with Crippen LogP contribution in [0.5, 0.6) is 0 Å². The predicted molar refractivity (Wildman–Crippen MR) is 63.5 cm³/mol. The zero-order chi connectivity index (χ0) is 14.2. The van der Waals surface area contributed by atoms with Gasteiger partial charge in [-0.2, -0.15) is 22.5 Å². The molecule has 19 heavy (non-hydrogen) atoms. The largest absolute Gasteiger partial charge is 0.349 e. The van der Waals surface area contributed by atoms with E-state index >= 15 is 0 Å². The van der Waals surface area contributed by atoms with Gasteiger partial charge >= 0.3 is 0 Å². The van der Waals surface area contributed by atoms with Crippen molar-refractivity contribution in [2.45, 2.75) is 6.92 Å². The molecular formula is C12H7ClF4N2. The van der Waals surface area contributed by atoms with Crippen molar-refractivity contribution in [3.63, 3.8) is 0 Å². The Morgan fingerprint density at radius 3 is 2.16 bits per heavy atom. The fraction of sp³-hybridized carbons (Fsp3) is 0.0833. The van der Waals surface area contributed by atoms with Crippen molar-refractivity contribution >= 4 is 23.0 Å². The van der Waals surface area contributed by atoms with Gasteiger partial charge in [0.2, 0.25) is 11.6 Å². The lowest BCUT2D eigenvalue weighted by Gasteiger charge is -2.11.